The Labute approximate surface area is 192 Å². The molecule has 1 heterocycles. The van der Waals surface area contributed by atoms with Crippen LogP contribution in [0.5, 0.6) is 5.75 Å². The van der Waals surface area contributed by atoms with Crippen LogP contribution in [0.15, 0.2) is 88.8 Å². The van der Waals surface area contributed by atoms with Gasteiger partial charge in [-0.05, 0) is 48.5 Å². The highest BCUT2D eigenvalue weighted by molar-refractivity contribution is 7.99. The van der Waals surface area contributed by atoms with Gasteiger partial charge in [0, 0.05) is 12.7 Å². The van der Waals surface area contributed by atoms with Crippen molar-refractivity contribution < 1.29 is 18.3 Å². The van der Waals surface area contributed by atoms with Crippen molar-refractivity contribution in [2.24, 2.45) is 0 Å². The van der Waals surface area contributed by atoms with Gasteiger partial charge in [0.05, 0.1) is 22.3 Å². The van der Waals surface area contributed by atoms with E-state index in [1.54, 1.807) is 31.3 Å². The number of para-hydroxylation sites is 2. The van der Waals surface area contributed by atoms with Crippen molar-refractivity contribution in [3.8, 4) is 11.4 Å². The molecule has 0 bridgehead atoms. The lowest BCUT2D eigenvalue weighted by molar-refractivity contribution is -0.115. The van der Waals surface area contributed by atoms with E-state index < -0.39 is 6.61 Å². The summed E-state index contributed by atoms with van der Waals surface area (Å²) in [5, 5.41) is 0.721. The minimum absolute atomic E-state index is 0.0237. The van der Waals surface area contributed by atoms with Crippen LogP contribution in [-0.4, -0.2) is 34.9 Å². The first kappa shape index (κ1) is 22.5. The molecule has 4 rings (SSSR count). The van der Waals surface area contributed by atoms with Crippen molar-refractivity contribution in [2.75, 3.05) is 17.7 Å². The SMILES string of the molecule is CN(C(=O)CSc1nc2ccccc2c(=O)n1-c1ccc(OC(F)F)cc1)c1ccccc1. The summed E-state index contributed by atoms with van der Waals surface area (Å²) in [4.78, 5) is 32.2. The molecule has 0 aliphatic carbocycles. The van der Waals surface area contributed by atoms with Crippen LogP contribution in [0.1, 0.15) is 0 Å². The number of nitrogens with zero attached hydrogens (tertiary/aromatic N) is 3. The smallest absolute Gasteiger partial charge is 0.387 e. The molecular formula is C24H19F2N3O3S. The molecule has 0 spiro atoms. The molecule has 0 saturated heterocycles. The van der Waals surface area contributed by atoms with Gasteiger partial charge in [0.15, 0.2) is 5.16 Å². The minimum Gasteiger partial charge on any atom is -0.435 e. The van der Waals surface area contributed by atoms with Crippen LogP contribution in [0.3, 0.4) is 0 Å². The van der Waals surface area contributed by atoms with Crippen LogP contribution in [0.25, 0.3) is 16.6 Å². The van der Waals surface area contributed by atoms with E-state index in [0.717, 1.165) is 17.4 Å². The van der Waals surface area contributed by atoms with Gasteiger partial charge in [0.25, 0.3) is 5.56 Å². The molecular weight excluding hydrogens is 448 g/mol. The zero-order valence-corrected chi connectivity index (χ0v) is 18.3. The van der Waals surface area contributed by atoms with Crippen molar-refractivity contribution in [3.63, 3.8) is 0 Å². The van der Waals surface area contributed by atoms with Crippen molar-refractivity contribution in [1.29, 1.82) is 0 Å². The Balaban J connectivity index is 1.68. The van der Waals surface area contributed by atoms with Crippen molar-refractivity contribution in [2.45, 2.75) is 11.8 Å². The maximum atomic E-state index is 13.3. The first-order chi connectivity index (χ1) is 15.9. The van der Waals surface area contributed by atoms with E-state index >= 15 is 0 Å². The fraction of sp³-hybridized carbons (Fsp3) is 0.125. The van der Waals surface area contributed by atoms with Gasteiger partial charge in [-0.2, -0.15) is 8.78 Å². The molecule has 0 saturated carbocycles. The molecule has 33 heavy (non-hydrogen) atoms. The number of halogens is 2. The second-order valence-corrected chi connectivity index (χ2v) is 7.94. The van der Waals surface area contributed by atoms with Gasteiger partial charge >= 0.3 is 6.61 Å². The van der Waals surface area contributed by atoms with Crippen LogP contribution >= 0.6 is 11.8 Å². The van der Waals surface area contributed by atoms with E-state index in [2.05, 4.69) is 9.72 Å². The number of hydrogen-bond acceptors (Lipinski definition) is 5. The van der Waals surface area contributed by atoms with Crippen molar-refractivity contribution >= 4 is 34.3 Å². The van der Waals surface area contributed by atoms with E-state index in [4.69, 9.17) is 0 Å². The molecule has 6 nitrogen and oxygen atoms in total. The van der Waals surface area contributed by atoms with E-state index in [-0.39, 0.29) is 23.0 Å². The summed E-state index contributed by atoms with van der Waals surface area (Å²) in [7, 11) is 1.68. The molecule has 0 aliphatic heterocycles. The lowest BCUT2D eigenvalue weighted by atomic mass is 10.2. The molecule has 0 N–H and O–H groups in total. The van der Waals surface area contributed by atoms with E-state index in [1.807, 2.05) is 30.3 Å². The predicted octanol–water partition coefficient (Wildman–Crippen LogP) is 4.74. The van der Waals surface area contributed by atoms with Gasteiger partial charge in [-0.25, -0.2) is 4.98 Å². The highest BCUT2D eigenvalue weighted by Gasteiger charge is 2.17. The third kappa shape index (κ3) is 5.04. The number of benzene rings is 3. The Morgan fingerprint density at radius 1 is 1.03 bits per heavy atom. The van der Waals surface area contributed by atoms with Crippen molar-refractivity contribution in [1.82, 2.24) is 9.55 Å². The molecule has 1 aromatic heterocycles. The summed E-state index contributed by atoms with van der Waals surface area (Å²) in [6.07, 6.45) is 0. The van der Waals surface area contributed by atoms with Crippen LogP contribution in [-0.2, 0) is 4.79 Å². The number of ether oxygens (including phenoxy) is 1. The average molecular weight is 467 g/mol. The number of carbonyl (C=O) groups excluding carboxylic acids is 1. The lowest BCUT2D eigenvalue weighted by Gasteiger charge is -2.18. The maximum absolute atomic E-state index is 13.3. The highest BCUT2D eigenvalue weighted by Crippen LogP contribution is 2.24. The lowest BCUT2D eigenvalue weighted by Crippen LogP contribution is -2.28. The molecule has 4 aromatic rings. The first-order valence-electron chi connectivity index (χ1n) is 9.95. The van der Waals surface area contributed by atoms with E-state index in [9.17, 15) is 18.4 Å². The number of fused-ring (bicyclic) bond motifs is 1. The number of carbonyl (C=O) groups is 1. The third-order valence-electron chi connectivity index (χ3n) is 4.91. The fourth-order valence-corrected chi connectivity index (χ4v) is 4.16. The summed E-state index contributed by atoms with van der Waals surface area (Å²) >= 11 is 1.13. The maximum Gasteiger partial charge on any atom is 0.387 e. The minimum atomic E-state index is -2.94. The van der Waals surface area contributed by atoms with Crippen LogP contribution in [0.2, 0.25) is 0 Å². The largest absolute Gasteiger partial charge is 0.435 e. The molecule has 0 unspecified atom stereocenters. The Morgan fingerprint density at radius 3 is 2.39 bits per heavy atom. The topological polar surface area (TPSA) is 64.4 Å². The van der Waals surface area contributed by atoms with E-state index in [0.29, 0.717) is 21.7 Å². The molecule has 0 fully saturated rings. The number of amides is 1. The molecule has 0 radical (unpaired) electrons. The van der Waals surface area contributed by atoms with Crippen LogP contribution < -0.4 is 15.2 Å². The zero-order chi connectivity index (χ0) is 23.4. The Morgan fingerprint density at radius 2 is 1.70 bits per heavy atom. The summed E-state index contributed by atoms with van der Waals surface area (Å²) in [5.41, 5.74) is 1.35. The zero-order valence-electron chi connectivity index (χ0n) is 17.5. The quantitative estimate of drug-likeness (QED) is 0.290. The molecule has 0 aliphatic rings. The number of hydrogen-bond donors (Lipinski definition) is 0. The number of thioether (sulfide) groups is 1. The second kappa shape index (κ2) is 9.83. The fourth-order valence-electron chi connectivity index (χ4n) is 3.23. The van der Waals surface area contributed by atoms with Crippen molar-refractivity contribution in [3.05, 3.63) is 89.2 Å². The second-order valence-electron chi connectivity index (χ2n) is 7.00. The van der Waals surface area contributed by atoms with Gasteiger partial charge < -0.3 is 9.64 Å². The standard InChI is InChI=1S/C24H19F2N3O3S/c1-28(16-7-3-2-4-8-16)21(30)15-33-24-27-20-10-6-5-9-19(20)22(31)29(24)17-11-13-18(14-12-17)32-23(25)26/h2-14,23H,15H2,1H3. The van der Waals surface area contributed by atoms with Gasteiger partial charge in [0.1, 0.15) is 5.75 Å². The molecule has 1 amide bonds. The summed E-state index contributed by atoms with van der Waals surface area (Å²) in [6, 6.07) is 21.8. The van der Waals surface area contributed by atoms with Crippen LogP contribution in [0.4, 0.5) is 14.5 Å². The third-order valence-corrected chi connectivity index (χ3v) is 5.83. The van der Waals surface area contributed by atoms with E-state index in [1.165, 1.54) is 33.7 Å². The predicted molar refractivity (Wildman–Crippen MR) is 125 cm³/mol. The number of aromatic nitrogens is 2. The van der Waals surface area contributed by atoms with Gasteiger partial charge in [0.2, 0.25) is 5.91 Å². The average Bonchev–Trinajstić information content (AvgIpc) is 2.83. The molecule has 9 heteroatoms. The molecule has 0 atom stereocenters. The summed E-state index contributed by atoms with van der Waals surface area (Å²) in [5.74, 6) is -0.145. The summed E-state index contributed by atoms with van der Waals surface area (Å²) in [6.45, 7) is -2.94. The Hall–Kier alpha value is -3.72. The van der Waals surface area contributed by atoms with Crippen LogP contribution in [0, 0.1) is 0 Å². The monoisotopic (exact) mass is 467 g/mol. The number of alkyl halides is 2. The number of rotatable bonds is 7. The number of anilines is 1. The van der Waals surface area contributed by atoms with Gasteiger partial charge in [-0.3, -0.25) is 14.2 Å². The van der Waals surface area contributed by atoms with Gasteiger partial charge in [-0.1, -0.05) is 42.1 Å². The highest BCUT2D eigenvalue weighted by atomic mass is 32.2. The first-order valence-corrected chi connectivity index (χ1v) is 10.9. The normalized spacial score (nSPS) is 11.0. The van der Waals surface area contributed by atoms with Gasteiger partial charge in [-0.15, -0.1) is 0 Å². The molecule has 3 aromatic carbocycles. The summed E-state index contributed by atoms with van der Waals surface area (Å²) < 4.78 is 30.7. The Kier molecular flexibility index (Phi) is 6.69. The molecule has 168 valence electrons. The Bertz CT molecular complexity index is 1330.